The van der Waals surface area contributed by atoms with Gasteiger partial charge in [0.25, 0.3) is 0 Å². The largest absolute Gasteiger partial charge is 0.0798 e. The molecule has 0 heteroatoms. The predicted molar refractivity (Wildman–Crippen MR) is 99.6 cm³/mol. The van der Waals surface area contributed by atoms with E-state index in [-0.39, 0.29) is 0 Å². The van der Waals surface area contributed by atoms with E-state index in [1.807, 2.05) is 0 Å². The Morgan fingerprint density at radius 2 is 0.792 bits per heavy atom. The summed E-state index contributed by atoms with van der Waals surface area (Å²) in [7, 11) is 0. The monoisotopic (exact) mass is 306 g/mol. The molecule has 6 aliphatic rings. The number of hydrogen-bond donors (Lipinski definition) is 0. The van der Waals surface area contributed by atoms with Gasteiger partial charge in [0.2, 0.25) is 0 Å². The van der Waals surface area contributed by atoms with Crippen molar-refractivity contribution in [3.8, 4) is 0 Å². The highest BCUT2D eigenvalue weighted by molar-refractivity contribution is 6.01. The fourth-order valence-electron chi connectivity index (χ4n) is 5.99. The molecule has 1 aromatic carbocycles. The lowest BCUT2D eigenvalue weighted by Crippen LogP contribution is -2.04. The van der Waals surface area contributed by atoms with Gasteiger partial charge < -0.3 is 0 Å². The van der Waals surface area contributed by atoms with Crippen molar-refractivity contribution in [3.63, 3.8) is 0 Å². The van der Waals surface area contributed by atoms with Crippen molar-refractivity contribution in [2.45, 2.75) is 38.5 Å². The van der Waals surface area contributed by atoms with Crippen LogP contribution in [0.3, 0.4) is 0 Å². The van der Waals surface area contributed by atoms with Crippen molar-refractivity contribution in [2.75, 3.05) is 0 Å². The van der Waals surface area contributed by atoms with Crippen molar-refractivity contribution < 1.29 is 0 Å². The number of hydrogen-bond acceptors (Lipinski definition) is 0. The SMILES string of the molecule is C1=CC2=C(C1)Cc1c2c2c(c3c1C1=C(CC=C1)C3)C1=C(CC=C1)C2. The summed E-state index contributed by atoms with van der Waals surface area (Å²) >= 11 is 0. The summed E-state index contributed by atoms with van der Waals surface area (Å²) in [6.45, 7) is 0. The Morgan fingerprint density at radius 1 is 0.458 bits per heavy atom. The molecule has 0 saturated carbocycles. The van der Waals surface area contributed by atoms with Gasteiger partial charge in [-0.05, 0) is 88.6 Å². The first-order valence-corrected chi connectivity index (χ1v) is 9.27. The third-order valence-electron chi connectivity index (χ3n) is 6.88. The zero-order valence-electron chi connectivity index (χ0n) is 13.7. The van der Waals surface area contributed by atoms with Crippen LogP contribution in [-0.2, 0) is 19.3 Å². The molecule has 0 unspecified atom stereocenters. The minimum absolute atomic E-state index is 1.17. The number of fused-ring (bicyclic) bond motifs is 9. The number of benzene rings is 1. The lowest BCUT2D eigenvalue weighted by Gasteiger charge is -2.19. The van der Waals surface area contributed by atoms with Crippen molar-refractivity contribution in [1.82, 2.24) is 0 Å². The van der Waals surface area contributed by atoms with Gasteiger partial charge in [0.15, 0.2) is 0 Å². The lowest BCUT2D eigenvalue weighted by atomic mass is 9.84. The molecule has 0 aliphatic heterocycles. The highest BCUT2D eigenvalue weighted by Gasteiger charge is 2.39. The Morgan fingerprint density at radius 3 is 1.12 bits per heavy atom. The fourth-order valence-corrected chi connectivity index (χ4v) is 5.99. The molecule has 0 saturated heterocycles. The van der Waals surface area contributed by atoms with E-state index in [1.165, 1.54) is 38.5 Å². The molecule has 24 heavy (non-hydrogen) atoms. The van der Waals surface area contributed by atoms with E-state index >= 15 is 0 Å². The summed E-state index contributed by atoms with van der Waals surface area (Å²) in [4.78, 5) is 0. The summed E-state index contributed by atoms with van der Waals surface area (Å²) in [5.74, 6) is 0. The van der Waals surface area contributed by atoms with Crippen LogP contribution in [0.2, 0.25) is 0 Å². The highest BCUT2D eigenvalue weighted by Crippen LogP contribution is 2.55. The minimum atomic E-state index is 1.17. The topological polar surface area (TPSA) is 0 Å². The van der Waals surface area contributed by atoms with Crippen LogP contribution >= 0.6 is 0 Å². The normalized spacial score (nSPS) is 23.5. The van der Waals surface area contributed by atoms with Gasteiger partial charge in [0, 0.05) is 0 Å². The van der Waals surface area contributed by atoms with Gasteiger partial charge in [-0.1, -0.05) is 53.2 Å². The molecule has 0 atom stereocenters. The van der Waals surface area contributed by atoms with E-state index in [0.29, 0.717) is 0 Å². The van der Waals surface area contributed by atoms with Gasteiger partial charge in [-0.2, -0.15) is 0 Å². The average Bonchev–Trinajstić information content (AvgIpc) is 3.32. The van der Waals surface area contributed by atoms with E-state index in [2.05, 4.69) is 36.5 Å². The smallest absolute Gasteiger partial charge is 0.00422 e. The van der Waals surface area contributed by atoms with Crippen LogP contribution in [0, 0.1) is 0 Å². The fraction of sp³-hybridized carbons (Fsp3) is 0.250. The van der Waals surface area contributed by atoms with Gasteiger partial charge >= 0.3 is 0 Å². The molecule has 0 nitrogen and oxygen atoms in total. The molecule has 0 radical (unpaired) electrons. The van der Waals surface area contributed by atoms with Crippen LogP contribution in [0.5, 0.6) is 0 Å². The zero-order chi connectivity index (χ0) is 15.4. The molecule has 6 aliphatic carbocycles. The van der Waals surface area contributed by atoms with Gasteiger partial charge in [-0.15, -0.1) is 0 Å². The molecule has 0 spiro atoms. The molecule has 1 aromatic rings. The standard InChI is InChI=1S/C24H18/c1-4-13-10-19-22(16(13)7-1)20-11-14-5-2-9-18(14)24(20)21-12-15-6-3-8-17(15)23(19)21/h1-3,7-9H,4-6,10-12H2. The van der Waals surface area contributed by atoms with Crippen molar-refractivity contribution >= 4 is 16.7 Å². The zero-order valence-corrected chi connectivity index (χ0v) is 13.7. The Bertz CT molecular complexity index is 914. The van der Waals surface area contributed by atoms with Crippen LogP contribution in [-0.4, -0.2) is 0 Å². The average molecular weight is 306 g/mol. The Labute approximate surface area is 142 Å². The van der Waals surface area contributed by atoms with Gasteiger partial charge in [0.05, 0.1) is 0 Å². The van der Waals surface area contributed by atoms with Gasteiger partial charge in [0.1, 0.15) is 0 Å². The third-order valence-corrected chi connectivity index (χ3v) is 6.88. The first-order valence-electron chi connectivity index (χ1n) is 9.27. The van der Waals surface area contributed by atoms with E-state index in [4.69, 9.17) is 0 Å². The Hall–Kier alpha value is -2.34. The number of rotatable bonds is 0. The van der Waals surface area contributed by atoms with Crippen molar-refractivity contribution in [3.05, 3.63) is 86.6 Å². The Balaban J connectivity index is 1.62. The summed E-state index contributed by atoms with van der Waals surface area (Å²) in [5, 5.41) is 0. The molecule has 0 bridgehead atoms. The second-order valence-corrected chi connectivity index (χ2v) is 7.96. The van der Waals surface area contributed by atoms with Crippen LogP contribution in [0.1, 0.15) is 52.6 Å². The predicted octanol–water partition coefficient (Wildman–Crippen LogP) is 5.50. The molecule has 0 N–H and O–H groups in total. The molecule has 0 heterocycles. The first kappa shape index (κ1) is 12.1. The second kappa shape index (κ2) is 3.83. The molecule has 114 valence electrons. The van der Waals surface area contributed by atoms with E-state index in [0.717, 1.165) is 0 Å². The number of allylic oxidation sites excluding steroid dienone is 12. The van der Waals surface area contributed by atoms with E-state index < -0.39 is 0 Å². The summed E-state index contributed by atoms with van der Waals surface area (Å²) in [5.41, 5.74) is 19.6. The van der Waals surface area contributed by atoms with Gasteiger partial charge in [-0.25, -0.2) is 0 Å². The Kier molecular flexibility index (Phi) is 1.93. The maximum atomic E-state index is 2.40. The third kappa shape index (κ3) is 1.20. The molecule has 0 fully saturated rings. The second-order valence-electron chi connectivity index (χ2n) is 7.96. The van der Waals surface area contributed by atoms with Crippen LogP contribution in [0.4, 0.5) is 0 Å². The summed E-state index contributed by atoms with van der Waals surface area (Å²) < 4.78 is 0. The minimum Gasteiger partial charge on any atom is -0.0798 e. The molecular formula is C24H18. The molecule has 7 rings (SSSR count). The lowest BCUT2D eigenvalue weighted by molar-refractivity contribution is 1.06. The molecule has 0 amide bonds. The van der Waals surface area contributed by atoms with Crippen molar-refractivity contribution in [1.29, 1.82) is 0 Å². The van der Waals surface area contributed by atoms with Crippen molar-refractivity contribution in [2.24, 2.45) is 0 Å². The van der Waals surface area contributed by atoms with E-state index in [1.54, 1.807) is 66.8 Å². The maximum Gasteiger partial charge on any atom is -0.00422 e. The summed E-state index contributed by atoms with van der Waals surface area (Å²) in [6.07, 6.45) is 21.4. The van der Waals surface area contributed by atoms with Crippen LogP contribution in [0.25, 0.3) is 16.7 Å². The molecular weight excluding hydrogens is 288 g/mol. The van der Waals surface area contributed by atoms with E-state index in [9.17, 15) is 0 Å². The summed E-state index contributed by atoms with van der Waals surface area (Å²) in [6, 6.07) is 0. The van der Waals surface area contributed by atoms with Gasteiger partial charge in [-0.3, -0.25) is 0 Å². The molecule has 0 aromatic heterocycles. The highest BCUT2D eigenvalue weighted by atomic mass is 14.4. The maximum absolute atomic E-state index is 2.40. The first-order chi connectivity index (χ1) is 11.9. The van der Waals surface area contributed by atoms with Crippen LogP contribution < -0.4 is 0 Å². The quantitative estimate of drug-likeness (QED) is 0.594. The van der Waals surface area contributed by atoms with Crippen LogP contribution in [0.15, 0.2) is 53.2 Å².